The van der Waals surface area contributed by atoms with E-state index in [-0.39, 0.29) is 11.5 Å². The lowest BCUT2D eigenvalue weighted by molar-refractivity contribution is 0.481. The number of benzene rings is 6. The van der Waals surface area contributed by atoms with Gasteiger partial charge in [-0.25, -0.2) is 0 Å². The molecule has 0 fully saturated rings. The van der Waals surface area contributed by atoms with E-state index in [4.69, 9.17) is 0 Å². The van der Waals surface area contributed by atoms with E-state index in [1.54, 1.807) is 12.1 Å². The molecule has 0 unspecified atom stereocenters. The van der Waals surface area contributed by atoms with Gasteiger partial charge in [0, 0.05) is 22.1 Å². The largest absolute Gasteiger partial charge is 0.507 e. The SMILES string of the molecule is Oc1cccc2c(-c3ccc(Nc4ccccc4)c4c(O)cccc34)ccc(Nc3ccccc3)c12. The molecule has 36 heavy (non-hydrogen) atoms. The fraction of sp³-hybridized carbons (Fsp3) is 0. The predicted octanol–water partition coefficient (Wildman–Crippen LogP) is 8.56. The molecule has 6 aromatic carbocycles. The Hall–Kier alpha value is -4.96. The van der Waals surface area contributed by atoms with Crippen LogP contribution in [0.2, 0.25) is 0 Å². The maximum atomic E-state index is 10.9. The molecule has 0 aliphatic carbocycles. The average Bonchev–Trinajstić information content (AvgIpc) is 2.91. The quantitative estimate of drug-likeness (QED) is 0.205. The molecular weight excluding hydrogens is 444 g/mol. The van der Waals surface area contributed by atoms with Crippen LogP contribution < -0.4 is 10.6 Å². The maximum Gasteiger partial charge on any atom is 0.125 e. The van der Waals surface area contributed by atoms with Crippen molar-refractivity contribution >= 4 is 44.3 Å². The van der Waals surface area contributed by atoms with Crippen molar-refractivity contribution in [1.82, 2.24) is 0 Å². The van der Waals surface area contributed by atoms with Crippen LogP contribution in [0.3, 0.4) is 0 Å². The zero-order valence-electron chi connectivity index (χ0n) is 19.4. The first kappa shape index (κ1) is 21.6. The summed E-state index contributed by atoms with van der Waals surface area (Å²) in [5.74, 6) is 0.421. The molecule has 0 amide bonds. The molecule has 0 saturated carbocycles. The molecule has 6 aromatic rings. The zero-order chi connectivity index (χ0) is 24.5. The van der Waals surface area contributed by atoms with Crippen molar-refractivity contribution in [3.05, 3.63) is 121 Å². The van der Waals surface area contributed by atoms with Gasteiger partial charge in [0.15, 0.2) is 0 Å². The highest BCUT2D eigenvalue weighted by Gasteiger charge is 2.16. The number of hydrogen-bond acceptors (Lipinski definition) is 4. The smallest absolute Gasteiger partial charge is 0.125 e. The summed E-state index contributed by atoms with van der Waals surface area (Å²) in [7, 11) is 0. The van der Waals surface area contributed by atoms with Crippen molar-refractivity contribution in [3.63, 3.8) is 0 Å². The standard InChI is InChI=1S/C32H24N2O2/c35-29-15-7-13-25-23(17-19-27(31(25)29)33-21-9-3-1-4-10-21)24-18-20-28(34-22-11-5-2-6-12-22)32-26(24)14-8-16-30(32)36/h1-20,33-36H. The molecule has 0 spiro atoms. The number of hydrogen-bond donors (Lipinski definition) is 4. The van der Waals surface area contributed by atoms with E-state index < -0.39 is 0 Å². The maximum absolute atomic E-state index is 10.9. The normalized spacial score (nSPS) is 11.0. The van der Waals surface area contributed by atoms with Crippen LogP contribution in [0.25, 0.3) is 32.7 Å². The molecule has 174 valence electrons. The fourth-order valence-electron chi connectivity index (χ4n) is 4.81. The third-order valence-electron chi connectivity index (χ3n) is 6.43. The molecule has 0 heterocycles. The summed E-state index contributed by atoms with van der Waals surface area (Å²) >= 11 is 0. The molecule has 0 aliphatic rings. The molecule has 0 aromatic heterocycles. The first-order valence-corrected chi connectivity index (χ1v) is 11.8. The lowest BCUT2D eigenvalue weighted by Gasteiger charge is -2.18. The van der Waals surface area contributed by atoms with Crippen molar-refractivity contribution in [1.29, 1.82) is 0 Å². The second-order valence-electron chi connectivity index (χ2n) is 8.70. The summed E-state index contributed by atoms with van der Waals surface area (Å²) in [6.07, 6.45) is 0. The molecule has 4 N–H and O–H groups in total. The Morgan fingerprint density at radius 1 is 0.389 bits per heavy atom. The van der Waals surface area contributed by atoms with Gasteiger partial charge in [-0.15, -0.1) is 0 Å². The van der Waals surface area contributed by atoms with E-state index in [9.17, 15) is 10.2 Å². The van der Waals surface area contributed by atoms with E-state index in [0.29, 0.717) is 0 Å². The Morgan fingerprint density at radius 2 is 0.806 bits per heavy atom. The summed E-state index contributed by atoms with van der Waals surface area (Å²) in [4.78, 5) is 0. The first-order chi connectivity index (χ1) is 17.7. The number of fused-ring (bicyclic) bond motifs is 2. The minimum atomic E-state index is 0.210. The number of phenols is 2. The van der Waals surface area contributed by atoms with Crippen LogP contribution in [0.5, 0.6) is 11.5 Å². The van der Waals surface area contributed by atoms with Gasteiger partial charge in [-0.3, -0.25) is 0 Å². The van der Waals surface area contributed by atoms with Crippen LogP contribution in [-0.4, -0.2) is 10.2 Å². The van der Waals surface area contributed by atoms with E-state index in [2.05, 4.69) is 22.8 Å². The molecular formula is C32H24N2O2. The summed E-state index contributed by atoms with van der Waals surface area (Å²) in [6, 6.07) is 39.1. The number of rotatable bonds is 5. The highest BCUT2D eigenvalue weighted by atomic mass is 16.3. The van der Waals surface area contributed by atoms with E-state index in [1.165, 1.54) is 0 Å². The number of para-hydroxylation sites is 2. The lowest BCUT2D eigenvalue weighted by atomic mass is 9.92. The van der Waals surface area contributed by atoms with Gasteiger partial charge >= 0.3 is 0 Å². The first-order valence-electron chi connectivity index (χ1n) is 11.8. The van der Waals surface area contributed by atoms with Crippen LogP contribution in [0.4, 0.5) is 22.7 Å². The van der Waals surface area contributed by atoms with Gasteiger partial charge in [0.25, 0.3) is 0 Å². The van der Waals surface area contributed by atoms with E-state index in [1.807, 2.05) is 97.1 Å². The Labute approximate surface area is 209 Å². The Bertz CT molecular complexity index is 1570. The molecule has 0 atom stereocenters. The van der Waals surface area contributed by atoms with Gasteiger partial charge in [0.2, 0.25) is 0 Å². The molecule has 6 rings (SSSR count). The monoisotopic (exact) mass is 468 g/mol. The van der Waals surface area contributed by atoms with Crippen LogP contribution in [0.1, 0.15) is 0 Å². The predicted molar refractivity (Wildman–Crippen MR) is 150 cm³/mol. The number of phenolic OH excluding ortho intramolecular Hbond substituents is 2. The number of aromatic hydroxyl groups is 2. The van der Waals surface area contributed by atoms with Crippen LogP contribution >= 0.6 is 0 Å². The summed E-state index contributed by atoms with van der Waals surface area (Å²) in [5, 5.41) is 32.0. The molecule has 4 heteroatoms. The summed E-state index contributed by atoms with van der Waals surface area (Å²) in [5.41, 5.74) is 5.49. The Morgan fingerprint density at radius 3 is 1.22 bits per heavy atom. The minimum absolute atomic E-state index is 0.210. The molecule has 0 aliphatic heterocycles. The van der Waals surface area contributed by atoms with E-state index >= 15 is 0 Å². The molecule has 0 radical (unpaired) electrons. The van der Waals surface area contributed by atoms with Crippen LogP contribution in [0.15, 0.2) is 121 Å². The van der Waals surface area contributed by atoms with Crippen molar-refractivity contribution < 1.29 is 10.2 Å². The minimum Gasteiger partial charge on any atom is -0.507 e. The number of anilines is 4. The number of nitrogens with one attached hydrogen (secondary N) is 2. The topological polar surface area (TPSA) is 64.5 Å². The molecule has 0 saturated heterocycles. The highest BCUT2D eigenvalue weighted by molar-refractivity contribution is 6.14. The third-order valence-corrected chi connectivity index (χ3v) is 6.43. The van der Waals surface area contributed by atoms with Crippen LogP contribution in [-0.2, 0) is 0 Å². The Balaban J connectivity index is 1.54. The second kappa shape index (κ2) is 9.01. The van der Waals surface area contributed by atoms with Gasteiger partial charge in [-0.1, -0.05) is 72.8 Å². The third kappa shape index (κ3) is 3.85. The average molecular weight is 469 g/mol. The van der Waals surface area contributed by atoms with E-state index in [0.717, 1.165) is 55.4 Å². The van der Waals surface area contributed by atoms with Gasteiger partial charge in [-0.05, 0) is 70.4 Å². The second-order valence-corrected chi connectivity index (χ2v) is 8.70. The fourth-order valence-corrected chi connectivity index (χ4v) is 4.81. The Kier molecular flexibility index (Phi) is 5.39. The van der Waals surface area contributed by atoms with Crippen molar-refractivity contribution in [3.8, 4) is 22.6 Å². The summed E-state index contributed by atoms with van der Waals surface area (Å²) in [6.45, 7) is 0. The van der Waals surface area contributed by atoms with Gasteiger partial charge in [-0.2, -0.15) is 0 Å². The molecule has 4 nitrogen and oxygen atoms in total. The summed E-state index contributed by atoms with van der Waals surface area (Å²) < 4.78 is 0. The van der Waals surface area contributed by atoms with Crippen molar-refractivity contribution in [2.24, 2.45) is 0 Å². The van der Waals surface area contributed by atoms with Crippen molar-refractivity contribution in [2.45, 2.75) is 0 Å². The zero-order valence-corrected chi connectivity index (χ0v) is 19.4. The van der Waals surface area contributed by atoms with Gasteiger partial charge in [0.1, 0.15) is 11.5 Å². The van der Waals surface area contributed by atoms with Crippen LogP contribution in [0, 0.1) is 0 Å². The molecule has 0 bridgehead atoms. The highest BCUT2D eigenvalue weighted by Crippen LogP contribution is 2.44. The lowest BCUT2D eigenvalue weighted by Crippen LogP contribution is -1.95. The van der Waals surface area contributed by atoms with Gasteiger partial charge < -0.3 is 20.8 Å². The van der Waals surface area contributed by atoms with Gasteiger partial charge in [0.05, 0.1) is 11.4 Å². The van der Waals surface area contributed by atoms with Crippen molar-refractivity contribution in [2.75, 3.05) is 10.6 Å².